The van der Waals surface area contributed by atoms with E-state index in [9.17, 15) is 14.4 Å². The normalized spacial score (nSPS) is 14.8. The van der Waals surface area contributed by atoms with E-state index in [1.165, 1.54) is 4.90 Å². The van der Waals surface area contributed by atoms with E-state index in [4.69, 9.17) is 14.2 Å². The molecule has 8 nitrogen and oxygen atoms in total. The van der Waals surface area contributed by atoms with Gasteiger partial charge in [0.25, 0.3) is 5.91 Å². The van der Waals surface area contributed by atoms with Gasteiger partial charge in [-0.05, 0) is 47.9 Å². The Bertz CT molecular complexity index is 1480. The molecule has 1 heterocycles. The molecule has 38 heavy (non-hydrogen) atoms. The molecule has 1 saturated heterocycles. The van der Waals surface area contributed by atoms with E-state index < -0.39 is 24.4 Å². The highest BCUT2D eigenvalue weighted by Gasteiger charge is 2.36. The minimum absolute atomic E-state index is 0.0171. The summed E-state index contributed by atoms with van der Waals surface area (Å²) in [5.74, 6) is -0.0988. The summed E-state index contributed by atoms with van der Waals surface area (Å²) in [5.41, 5.74) is 1.29. The third kappa shape index (κ3) is 5.44. The second-order valence-corrected chi connectivity index (χ2v) is 8.83. The highest BCUT2D eigenvalue weighted by Crippen LogP contribution is 2.33. The SMILES string of the molecule is COc1ccccc1Oc1ccc(N2C[C@@H](C(=O)OCC(=O)Nc3cccc4ccccc34)CC2=O)cc1. The van der Waals surface area contributed by atoms with E-state index in [1.807, 2.05) is 48.5 Å². The van der Waals surface area contributed by atoms with Crippen LogP contribution in [0, 0.1) is 5.92 Å². The number of esters is 1. The van der Waals surface area contributed by atoms with Crippen LogP contribution in [0.25, 0.3) is 10.8 Å². The van der Waals surface area contributed by atoms with Crippen molar-refractivity contribution in [2.75, 3.05) is 30.5 Å². The van der Waals surface area contributed by atoms with Gasteiger partial charge >= 0.3 is 5.97 Å². The molecule has 0 bridgehead atoms. The highest BCUT2D eigenvalue weighted by atomic mass is 16.5. The number of para-hydroxylation sites is 2. The second kappa shape index (κ2) is 11.0. The van der Waals surface area contributed by atoms with Crippen LogP contribution in [0.4, 0.5) is 11.4 Å². The first-order valence-electron chi connectivity index (χ1n) is 12.2. The van der Waals surface area contributed by atoms with Crippen LogP contribution in [0.15, 0.2) is 91.0 Å². The fourth-order valence-electron chi connectivity index (χ4n) is 4.41. The van der Waals surface area contributed by atoms with Gasteiger partial charge in [-0.3, -0.25) is 14.4 Å². The number of carbonyl (C=O) groups is 3. The minimum Gasteiger partial charge on any atom is -0.493 e. The van der Waals surface area contributed by atoms with E-state index in [2.05, 4.69) is 5.32 Å². The van der Waals surface area contributed by atoms with Crippen molar-refractivity contribution in [3.05, 3.63) is 91.0 Å². The van der Waals surface area contributed by atoms with Crippen molar-refractivity contribution in [3.8, 4) is 17.2 Å². The molecular weight excluding hydrogens is 484 g/mol. The Morgan fingerprint density at radius 2 is 1.61 bits per heavy atom. The monoisotopic (exact) mass is 510 g/mol. The van der Waals surface area contributed by atoms with Gasteiger partial charge < -0.3 is 24.4 Å². The molecular formula is C30H26N2O6. The van der Waals surface area contributed by atoms with Crippen LogP contribution in [0.3, 0.4) is 0 Å². The number of fused-ring (bicyclic) bond motifs is 1. The molecule has 0 unspecified atom stereocenters. The van der Waals surface area contributed by atoms with E-state index >= 15 is 0 Å². The largest absolute Gasteiger partial charge is 0.493 e. The molecule has 0 radical (unpaired) electrons. The Balaban J connectivity index is 1.15. The maximum Gasteiger partial charge on any atom is 0.311 e. The summed E-state index contributed by atoms with van der Waals surface area (Å²) in [6, 6.07) is 27.6. The Kier molecular flexibility index (Phi) is 7.21. The maximum absolute atomic E-state index is 12.6. The first-order chi connectivity index (χ1) is 18.5. The third-order valence-electron chi connectivity index (χ3n) is 6.31. The molecule has 0 aliphatic carbocycles. The second-order valence-electron chi connectivity index (χ2n) is 8.83. The summed E-state index contributed by atoms with van der Waals surface area (Å²) in [6.07, 6.45) is 0.0171. The van der Waals surface area contributed by atoms with Crippen molar-refractivity contribution < 1.29 is 28.6 Å². The van der Waals surface area contributed by atoms with Crippen molar-refractivity contribution in [3.63, 3.8) is 0 Å². The van der Waals surface area contributed by atoms with Crippen LogP contribution in [0.5, 0.6) is 17.2 Å². The average Bonchev–Trinajstić information content (AvgIpc) is 3.34. The average molecular weight is 511 g/mol. The Labute approximate surface area is 219 Å². The zero-order valence-electron chi connectivity index (χ0n) is 20.8. The molecule has 1 aliphatic rings. The van der Waals surface area contributed by atoms with Crippen molar-refractivity contribution in [2.45, 2.75) is 6.42 Å². The number of nitrogens with one attached hydrogen (secondary N) is 1. The number of rotatable bonds is 8. The van der Waals surface area contributed by atoms with Gasteiger partial charge in [0.2, 0.25) is 5.91 Å². The fourth-order valence-corrected chi connectivity index (χ4v) is 4.41. The van der Waals surface area contributed by atoms with Gasteiger partial charge in [0.05, 0.1) is 13.0 Å². The van der Waals surface area contributed by atoms with Crippen molar-refractivity contribution >= 4 is 39.9 Å². The number of hydrogen-bond acceptors (Lipinski definition) is 6. The summed E-state index contributed by atoms with van der Waals surface area (Å²) in [5, 5.41) is 4.68. The summed E-state index contributed by atoms with van der Waals surface area (Å²) in [6.45, 7) is -0.253. The zero-order chi connectivity index (χ0) is 26.5. The van der Waals surface area contributed by atoms with Gasteiger partial charge in [-0.25, -0.2) is 0 Å². The number of anilines is 2. The van der Waals surface area contributed by atoms with Crippen LogP contribution in [0.2, 0.25) is 0 Å². The van der Waals surface area contributed by atoms with Crippen molar-refractivity contribution in [2.24, 2.45) is 5.92 Å². The fraction of sp³-hybridized carbons (Fsp3) is 0.167. The quantitative estimate of drug-likeness (QED) is 0.329. The lowest BCUT2D eigenvalue weighted by molar-refractivity contribution is -0.151. The lowest BCUT2D eigenvalue weighted by Crippen LogP contribution is -2.28. The van der Waals surface area contributed by atoms with Gasteiger partial charge in [0.1, 0.15) is 5.75 Å². The molecule has 192 valence electrons. The molecule has 0 saturated carbocycles. The lowest BCUT2D eigenvalue weighted by Gasteiger charge is -2.17. The number of ether oxygens (including phenoxy) is 3. The summed E-state index contributed by atoms with van der Waals surface area (Å²) >= 11 is 0. The molecule has 0 aromatic heterocycles. The van der Waals surface area contributed by atoms with Gasteiger partial charge in [-0.2, -0.15) is 0 Å². The van der Waals surface area contributed by atoms with Gasteiger partial charge in [-0.15, -0.1) is 0 Å². The highest BCUT2D eigenvalue weighted by molar-refractivity contribution is 6.03. The number of hydrogen-bond donors (Lipinski definition) is 1. The molecule has 4 aromatic carbocycles. The van der Waals surface area contributed by atoms with Gasteiger partial charge in [-0.1, -0.05) is 48.5 Å². The predicted molar refractivity (Wildman–Crippen MR) is 144 cm³/mol. The molecule has 1 aliphatic heterocycles. The number of amides is 2. The molecule has 1 N–H and O–H groups in total. The summed E-state index contributed by atoms with van der Waals surface area (Å²) in [4.78, 5) is 39.3. The van der Waals surface area contributed by atoms with E-state index in [-0.39, 0.29) is 18.9 Å². The number of nitrogens with zero attached hydrogens (tertiary/aromatic N) is 1. The molecule has 0 spiro atoms. The molecule has 1 fully saturated rings. The smallest absolute Gasteiger partial charge is 0.311 e. The predicted octanol–water partition coefficient (Wildman–Crippen LogP) is 5.18. The zero-order valence-corrected chi connectivity index (χ0v) is 20.8. The number of methoxy groups -OCH3 is 1. The van der Waals surface area contributed by atoms with Crippen LogP contribution in [-0.4, -0.2) is 38.0 Å². The van der Waals surface area contributed by atoms with Crippen LogP contribution in [0.1, 0.15) is 6.42 Å². The molecule has 4 aromatic rings. The van der Waals surface area contributed by atoms with Crippen LogP contribution >= 0.6 is 0 Å². The molecule has 1 atom stereocenters. The topological polar surface area (TPSA) is 94.2 Å². The number of carbonyl (C=O) groups excluding carboxylic acids is 3. The first kappa shape index (κ1) is 24.8. The molecule has 5 rings (SSSR count). The first-order valence-corrected chi connectivity index (χ1v) is 12.2. The third-order valence-corrected chi connectivity index (χ3v) is 6.31. The summed E-state index contributed by atoms with van der Waals surface area (Å²) in [7, 11) is 1.57. The van der Waals surface area contributed by atoms with Crippen LogP contribution < -0.4 is 19.7 Å². The van der Waals surface area contributed by atoms with E-state index in [1.54, 1.807) is 49.6 Å². The molecule has 2 amide bonds. The number of benzene rings is 4. The van der Waals surface area contributed by atoms with Crippen LogP contribution in [-0.2, 0) is 19.1 Å². The maximum atomic E-state index is 12.6. The van der Waals surface area contributed by atoms with Gasteiger partial charge in [0.15, 0.2) is 18.1 Å². The van der Waals surface area contributed by atoms with E-state index in [0.717, 1.165) is 10.8 Å². The summed E-state index contributed by atoms with van der Waals surface area (Å²) < 4.78 is 16.4. The Morgan fingerprint density at radius 1 is 0.895 bits per heavy atom. The van der Waals surface area contributed by atoms with Crippen molar-refractivity contribution in [1.82, 2.24) is 0 Å². The van der Waals surface area contributed by atoms with Crippen molar-refractivity contribution in [1.29, 1.82) is 0 Å². The lowest BCUT2D eigenvalue weighted by atomic mass is 10.1. The molecule has 8 heteroatoms. The Morgan fingerprint density at radius 3 is 2.39 bits per heavy atom. The van der Waals surface area contributed by atoms with Gasteiger partial charge in [0, 0.05) is 29.7 Å². The van der Waals surface area contributed by atoms with E-state index in [0.29, 0.717) is 28.6 Å². The minimum atomic E-state index is -0.655. The standard InChI is InChI=1S/C30H26N2O6/c1-36-26-11-4-5-12-27(26)38-23-15-13-22(14-16-23)32-18-21(17-29(32)34)30(35)37-19-28(33)31-25-10-6-8-20-7-2-3-9-24(20)25/h2-16,21H,17-19H2,1H3,(H,31,33)/t21-/m0/s1. The Hall–Kier alpha value is -4.85.